The van der Waals surface area contributed by atoms with E-state index in [0.717, 1.165) is 30.0 Å². The van der Waals surface area contributed by atoms with E-state index in [1.807, 2.05) is 36.1 Å². The van der Waals surface area contributed by atoms with E-state index < -0.39 is 0 Å². The van der Waals surface area contributed by atoms with Crippen molar-refractivity contribution in [3.8, 4) is 0 Å². The lowest BCUT2D eigenvalue weighted by atomic mass is 10.2. The molecule has 2 unspecified atom stereocenters. The second-order valence-electron chi connectivity index (χ2n) is 5.53. The fourth-order valence-corrected chi connectivity index (χ4v) is 3.62. The van der Waals surface area contributed by atoms with Crippen LogP contribution in [0.3, 0.4) is 0 Å². The number of hydrogen-bond donors (Lipinski definition) is 2. The zero-order valence-corrected chi connectivity index (χ0v) is 13.9. The van der Waals surface area contributed by atoms with E-state index in [2.05, 4.69) is 5.32 Å². The van der Waals surface area contributed by atoms with Gasteiger partial charge in [0.1, 0.15) is 0 Å². The Morgan fingerprint density at radius 1 is 1.41 bits per heavy atom. The molecule has 6 heteroatoms. The van der Waals surface area contributed by atoms with Gasteiger partial charge in [-0.15, -0.1) is 11.8 Å². The molecule has 5 nitrogen and oxygen atoms in total. The molecular weight excluding hydrogens is 298 g/mol. The van der Waals surface area contributed by atoms with Gasteiger partial charge in [0.15, 0.2) is 0 Å². The number of anilines is 1. The third-order valence-electron chi connectivity index (χ3n) is 3.77. The van der Waals surface area contributed by atoms with E-state index in [9.17, 15) is 9.59 Å². The molecule has 2 amide bonds. The summed E-state index contributed by atoms with van der Waals surface area (Å²) in [5.74, 6) is 0.0645. The van der Waals surface area contributed by atoms with E-state index >= 15 is 0 Å². The van der Waals surface area contributed by atoms with Crippen molar-refractivity contribution >= 4 is 29.3 Å². The van der Waals surface area contributed by atoms with E-state index in [0.29, 0.717) is 6.54 Å². The van der Waals surface area contributed by atoms with Gasteiger partial charge in [0.25, 0.3) is 0 Å². The number of benzene rings is 1. The SMILES string of the molecule is CC(=O)Nc1ccc(SC(C)C(=O)N2CCCC2CN)cc1. The van der Waals surface area contributed by atoms with Crippen LogP contribution in [-0.2, 0) is 9.59 Å². The van der Waals surface area contributed by atoms with Crippen LogP contribution in [-0.4, -0.2) is 41.1 Å². The Labute approximate surface area is 135 Å². The molecule has 3 N–H and O–H groups in total. The zero-order valence-electron chi connectivity index (χ0n) is 13.0. The average Bonchev–Trinajstić information content (AvgIpc) is 2.96. The van der Waals surface area contributed by atoms with Crippen LogP contribution in [0.1, 0.15) is 26.7 Å². The number of nitrogens with zero attached hydrogens (tertiary/aromatic N) is 1. The van der Waals surface area contributed by atoms with Crippen molar-refractivity contribution in [2.24, 2.45) is 5.73 Å². The van der Waals surface area contributed by atoms with Crippen LogP contribution in [0.15, 0.2) is 29.2 Å². The summed E-state index contributed by atoms with van der Waals surface area (Å²) in [4.78, 5) is 26.5. The maximum Gasteiger partial charge on any atom is 0.236 e. The number of hydrogen-bond acceptors (Lipinski definition) is 4. The smallest absolute Gasteiger partial charge is 0.236 e. The highest BCUT2D eigenvalue weighted by molar-refractivity contribution is 8.00. The van der Waals surface area contributed by atoms with Gasteiger partial charge >= 0.3 is 0 Å². The molecule has 0 aromatic heterocycles. The van der Waals surface area contributed by atoms with Gasteiger partial charge in [-0.05, 0) is 44.0 Å². The molecule has 120 valence electrons. The highest BCUT2D eigenvalue weighted by atomic mass is 32.2. The maximum atomic E-state index is 12.5. The first-order valence-electron chi connectivity index (χ1n) is 7.56. The summed E-state index contributed by atoms with van der Waals surface area (Å²) < 4.78 is 0. The summed E-state index contributed by atoms with van der Waals surface area (Å²) in [6.45, 7) is 4.76. The van der Waals surface area contributed by atoms with E-state index in [4.69, 9.17) is 5.73 Å². The predicted octanol–water partition coefficient (Wildman–Crippen LogP) is 2.08. The van der Waals surface area contributed by atoms with E-state index in [1.165, 1.54) is 18.7 Å². The van der Waals surface area contributed by atoms with Gasteiger partial charge in [0.05, 0.1) is 5.25 Å². The Bertz CT molecular complexity index is 533. The number of carbonyl (C=O) groups excluding carboxylic acids is 2. The monoisotopic (exact) mass is 321 g/mol. The molecule has 0 saturated carbocycles. The zero-order chi connectivity index (χ0) is 16.1. The Kier molecular flexibility index (Phi) is 5.85. The molecule has 2 atom stereocenters. The van der Waals surface area contributed by atoms with Crippen LogP contribution < -0.4 is 11.1 Å². The van der Waals surface area contributed by atoms with Crippen molar-refractivity contribution in [3.63, 3.8) is 0 Å². The molecule has 22 heavy (non-hydrogen) atoms. The standard InChI is InChI=1S/C16H23N3O2S/c1-11(16(21)19-9-3-4-14(19)10-17)22-15-7-5-13(6-8-15)18-12(2)20/h5-8,11,14H,3-4,9-10,17H2,1-2H3,(H,18,20). The second kappa shape index (κ2) is 7.65. The first kappa shape index (κ1) is 16.8. The first-order valence-corrected chi connectivity index (χ1v) is 8.44. The average molecular weight is 321 g/mol. The number of amides is 2. The van der Waals surface area contributed by atoms with Crippen molar-refractivity contribution < 1.29 is 9.59 Å². The van der Waals surface area contributed by atoms with Gasteiger partial charge < -0.3 is 16.0 Å². The fraction of sp³-hybridized carbons (Fsp3) is 0.500. The van der Waals surface area contributed by atoms with Gasteiger partial charge in [-0.3, -0.25) is 9.59 Å². The highest BCUT2D eigenvalue weighted by Gasteiger charge is 2.30. The van der Waals surface area contributed by atoms with Gasteiger partial charge in [-0.25, -0.2) is 0 Å². The van der Waals surface area contributed by atoms with Crippen molar-refractivity contribution in [2.45, 2.75) is 42.9 Å². The van der Waals surface area contributed by atoms with Crippen LogP contribution >= 0.6 is 11.8 Å². The normalized spacial score (nSPS) is 19.0. The summed E-state index contributed by atoms with van der Waals surface area (Å²) >= 11 is 1.53. The third-order valence-corrected chi connectivity index (χ3v) is 4.87. The summed E-state index contributed by atoms with van der Waals surface area (Å²) in [6.07, 6.45) is 2.04. The van der Waals surface area contributed by atoms with Crippen molar-refractivity contribution in [1.82, 2.24) is 4.90 Å². The third kappa shape index (κ3) is 4.24. The van der Waals surface area contributed by atoms with Crippen molar-refractivity contribution in [3.05, 3.63) is 24.3 Å². The number of likely N-dealkylation sites (tertiary alicyclic amines) is 1. The number of thioether (sulfide) groups is 1. The summed E-state index contributed by atoms with van der Waals surface area (Å²) in [5.41, 5.74) is 6.50. The Balaban J connectivity index is 1.94. The molecule has 0 bridgehead atoms. The quantitative estimate of drug-likeness (QED) is 0.814. The molecule has 2 rings (SSSR count). The topological polar surface area (TPSA) is 75.4 Å². The van der Waals surface area contributed by atoms with Gasteiger partial charge in [0, 0.05) is 36.6 Å². The molecule has 1 aromatic carbocycles. The van der Waals surface area contributed by atoms with Crippen LogP contribution in [0, 0.1) is 0 Å². The van der Waals surface area contributed by atoms with Crippen LogP contribution in [0.4, 0.5) is 5.69 Å². The maximum absolute atomic E-state index is 12.5. The summed E-state index contributed by atoms with van der Waals surface area (Å²) in [6, 6.07) is 7.73. The largest absolute Gasteiger partial charge is 0.337 e. The van der Waals surface area contributed by atoms with Gasteiger partial charge in [-0.2, -0.15) is 0 Å². The Morgan fingerprint density at radius 2 is 2.09 bits per heavy atom. The molecule has 1 aliphatic rings. The first-order chi connectivity index (χ1) is 10.5. The molecule has 1 aromatic rings. The number of nitrogens with one attached hydrogen (secondary N) is 1. The highest BCUT2D eigenvalue weighted by Crippen LogP contribution is 2.28. The molecule has 0 radical (unpaired) electrons. The van der Waals surface area contributed by atoms with Gasteiger partial charge in [0.2, 0.25) is 11.8 Å². The molecule has 1 aliphatic heterocycles. The van der Waals surface area contributed by atoms with Gasteiger partial charge in [-0.1, -0.05) is 0 Å². The molecule has 0 aliphatic carbocycles. The second-order valence-corrected chi connectivity index (χ2v) is 6.94. The number of carbonyl (C=O) groups is 2. The minimum atomic E-state index is -0.140. The summed E-state index contributed by atoms with van der Waals surface area (Å²) in [5, 5.41) is 2.59. The molecule has 1 heterocycles. The minimum Gasteiger partial charge on any atom is -0.337 e. The molecular formula is C16H23N3O2S. The number of rotatable bonds is 5. The summed E-state index contributed by atoms with van der Waals surface area (Å²) in [7, 11) is 0. The lowest BCUT2D eigenvalue weighted by Gasteiger charge is -2.26. The van der Waals surface area contributed by atoms with Crippen LogP contribution in [0.2, 0.25) is 0 Å². The lowest BCUT2D eigenvalue weighted by Crippen LogP contribution is -2.43. The molecule has 1 fully saturated rings. The van der Waals surface area contributed by atoms with Crippen LogP contribution in [0.5, 0.6) is 0 Å². The number of nitrogens with two attached hydrogens (primary N) is 1. The Morgan fingerprint density at radius 3 is 2.68 bits per heavy atom. The minimum absolute atomic E-state index is 0.0918. The lowest BCUT2D eigenvalue weighted by molar-refractivity contribution is -0.131. The predicted molar refractivity (Wildman–Crippen MR) is 89.9 cm³/mol. The van der Waals surface area contributed by atoms with E-state index in [-0.39, 0.29) is 23.1 Å². The van der Waals surface area contributed by atoms with Crippen LogP contribution in [0.25, 0.3) is 0 Å². The molecule has 1 saturated heterocycles. The van der Waals surface area contributed by atoms with Crippen molar-refractivity contribution in [1.29, 1.82) is 0 Å². The fourth-order valence-electron chi connectivity index (χ4n) is 2.68. The Hall–Kier alpha value is -1.53. The van der Waals surface area contributed by atoms with Crippen molar-refractivity contribution in [2.75, 3.05) is 18.4 Å². The molecule has 0 spiro atoms. The van der Waals surface area contributed by atoms with E-state index in [1.54, 1.807) is 0 Å².